The maximum absolute atomic E-state index is 13.0. The van der Waals surface area contributed by atoms with Gasteiger partial charge in [0.25, 0.3) is 0 Å². The maximum atomic E-state index is 13.0. The molecule has 1 amide bonds. The first-order chi connectivity index (χ1) is 33.5. The van der Waals surface area contributed by atoms with Crippen molar-refractivity contribution in [2.75, 3.05) is 40.9 Å². The number of quaternary nitrogens is 1. The van der Waals surface area contributed by atoms with Gasteiger partial charge in [-0.05, 0) is 32.1 Å². The van der Waals surface area contributed by atoms with E-state index in [1.165, 1.54) is 244 Å². The van der Waals surface area contributed by atoms with Gasteiger partial charge in [-0.3, -0.25) is 13.8 Å². The first-order valence-corrected chi connectivity index (χ1v) is 31.7. The van der Waals surface area contributed by atoms with Gasteiger partial charge < -0.3 is 19.8 Å². The number of phosphoric ester groups is 1. The Labute approximate surface area is 430 Å². The number of likely N-dealkylation sites (N-methyl/N-ethyl adjacent to an activating group) is 1. The molecule has 410 valence electrons. The summed E-state index contributed by atoms with van der Waals surface area (Å²) in [6, 6.07) is -0.860. The van der Waals surface area contributed by atoms with E-state index in [1.54, 1.807) is 6.08 Å². The van der Waals surface area contributed by atoms with Gasteiger partial charge in [-0.25, -0.2) is 4.57 Å². The number of nitrogens with one attached hydrogen (secondary N) is 1. The maximum Gasteiger partial charge on any atom is 0.472 e. The van der Waals surface area contributed by atoms with Crippen LogP contribution in [-0.4, -0.2) is 73.4 Å². The lowest BCUT2D eigenvalue weighted by molar-refractivity contribution is -0.870. The fraction of sp³-hybridized carbons (Fsp3) is 0.917. The summed E-state index contributed by atoms with van der Waals surface area (Å²) >= 11 is 0. The third-order valence-corrected chi connectivity index (χ3v) is 14.9. The molecule has 0 aromatic heterocycles. The van der Waals surface area contributed by atoms with E-state index in [4.69, 9.17) is 9.05 Å². The van der Waals surface area contributed by atoms with Crippen molar-refractivity contribution in [1.29, 1.82) is 0 Å². The first-order valence-electron chi connectivity index (χ1n) is 30.2. The van der Waals surface area contributed by atoms with E-state index in [1.807, 2.05) is 27.2 Å². The zero-order chi connectivity index (χ0) is 50.6. The van der Waals surface area contributed by atoms with Crippen LogP contribution in [0.3, 0.4) is 0 Å². The molecule has 3 unspecified atom stereocenters. The molecular weight excluding hydrogens is 876 g/mol. The van der Waals surface area contributed by atoms with E-state index in [0.717, 1.165) is 38.5 Å². The van der Waals surface area contributed by atoms with Gasteiger partial charge in [-0.1, -0.05) is 289 Å². The van der Waals surface area contributed by atoms with Crippen LogP contribution in [0.25, 0.3) is 0 Å². The van der Waals surface area contributed by atoms with Crippen LogP contribution in [0.4, 0.5) is 0 Å². The topological polar surface area (TPSA) is 105 Å². The summed E-state index contributed by atoms with van der Waals surface area (Å²) in [6.45, 7) is 4.85. The van der Waals surface area contributed by atoms with Gasteiger partial charge in [-0.15, -0.1) is 0 Å². The van der Waals surface area contributed by atoms with Crippen molar-refractivity contribution in [3.8, 4) is 0 Å². The van der Waals surface area contributed by atoms with Crippen LogP contribution in [0, 0.1) is 0 Å². The molecule has 69 heavy (non-hydrogen) atoms. The van der Waals surface area contributed by atoms with Crippen molar-refractivity contribution in [1.82, 2.24) is 5.32 Å². The predicted octanol–water partition coefficient (Wildman–Crippen LogP) is 18.4. The van der Waals surface area contributed by atoms with Crippen LogP contribution < -0.4 is 5.32 Å². The second-order valence-corrected chi connectivity index (χ2v) is 23.5. The standard InChI is InChI=1S/C60H119N2O6P/c1-6-8-10-12-14-16-18-20-22-24-26-28-30-31-32-34-36-38-40-42-44-46-48-50-52-54-60(64)61-58(57-68-69(65,66)67-56-55-62(3,4)5)59(63)53-51-49-47-45-43-41-39-37-35-33-29-27-25-23-21-19-17-15-13-11-9-7-2/h43,45,51,53,58-59,63H,6-42,44,46-50,52,54-57H2,1-5H3,(H-,61,64,65,66)/p+1/b45-43+,53-51+. The number of phosphoric acid groups is 1. The van der Waals surface area contributed by atoms with E-state index in [0.29, 0.717) is 17.4 Å². The predicted molar refractivity (Wildman–Crippen MR) is 300 cm³/mol. The zero-order valence-corrected chi connectivity index (χ0v) is 47.7. The van der Waals surface area contributed by atoms with Gasteiger partial charge in [0.15, 0.2) is 0 Å². The van der Waals surface area contributed by atoms with Gasteiger partial charge in [0.05, 0.1) is 39.9 Å². The number of hydrogen-bond acceptors (Lipinski definition) is 5. The number of unbranched alkanes of at least 4 members (excludes halogenated alkanes) is 41. The highest BCUT2D eigenvalue weighted by Crippen LogP contribution is 2.43. The molecule has 0 aromatic rings. The molecule has 0 saturated carbocycles. The Morgan fingerprint density at radius 2 is 0.797 bits per heavy atom. The molecule has 0 rings (SSSR count). The number of hydrogen-bond donors (Lipinski definition) is 3. The fourth-order valence-corrected chi connectivity index (χ4v) is 9.92. The molecule has 0 spiro atoms. The van der Waals surface area contributed by atoms with E-state index in [-0.39, 0.29) is 19.1 Å². The summed E-state index contributed by atoms with van der Waals surface area (Å²) in [5.41, 5.74) is 0. The van der Waals surface area contributed by atoms with Crippen molar-refractivity contribution >= 4 is 13.7 Å². The number of amides is 1. The van der Waals surface area contributed by atoms with Crippen LogP contribution in [0.5, 0.6) is 0 Å². The van der Waals surface area contributed by atoms with Gasteiger partial charge in [0, 0.05) is 6.42 Å². The molecular formula is C60H120N2O6P+. The summed E-state index contributed by atoms with van der Waals surface area (Å²) in [7, 11) is 1.57. The van der Waals surface area contributed by atoms with Gasteiger partial charge in [0.2, 0.25) is 5.91 Å². The summed E-state index contributed by atoms with van der Waals surface area (Å²) in [5.74, 6) is -0.180. The lowest BCUT2D eigenvalue weighted by atomic mass is 10.0. The van der Waals surface area contributed by atoms with Crippen LogP contribution in [-0.2, 0) is 18.4 Å². The minimum absolute atomic E-state index is 0.0589. The lowest BCUT2D eigenvalue weighted by Crippen LogP contribution is -2.45. The average Bonchev–Trinajstić information content (AvgIpc) is 3.31. The quantitative estimate of drug-likeness (QED) is 0.0243. The molecule has 0 aliphatic carbocycles. The second-order valence-electron chi connectivity index (χ2n) is 22.1. The van der Waals surface area contributed by atoms with Crippen molar-refractivity contribution < 1.29 is 32.9 Å². The molecule has 0 aliphatic heterocycles. The lowest BCUT2D eigenvalue weighted by Gasteiger charge is -2.25. The van der Waals surface area contributed by atoms with E-state index in [9.17, 15) is 19.4 Å². The summed E-state index contributed by atoms with van der Waals surface area (Å²) in [6.07, 6.45) is 65.8. The van der Waals surface area contributed by atoms with Crippen molar-refractivity contribution in [2.24, 2.45) is 0 Å². The minimum atomic E-state index is -4.35. The molecule has 3 N–H and O–H groups in total. The minimum Gasteiger partial charge on any atom is -0.387 e. The SMILES string of the molecule is CCCCCCCCCCCCCCCCCC/C=C/CC/C=C/C(O)C(COP(=O)(O)OCC[N+](C)(C)C)NC(=O)CCCCCCCCCCCCCCCCCCCCCCCCCCC. The van der Waals surface area contributed by atoms with Crippen molar-refractivity contribution in [3.05, 3.63) is 24.3 Å². The number of nitrogens with zero attached hydrogens (tertiary/aromatic N) is 1. The molecule has 0 bridgehead atoms. The van der Waals surface area contributed by atoms with Gasteiger partial charge in [-0.2, -0.15) is 0 Å². The van der Waals surface area contributed by atoms with Crippen LogP contribution >= 0.6 is 7.82 Å². The smallest absolute Gasteiger partial charge is 0.387 e. The molecule has 0 heterocycles. The molecule has 3 atom stereocenters. The number of allylic oxidation sites excluding steroid dienone is 3. The number of carbonyl (C=O) groups excluding carboxylic acids is 1. The summed E-state index contributed by atoms with van der Waals surface area (Å²) in [4.78, 5) is 23.3. The van der Waals surface area contributed by atoms with E-state index in [2.05, 4.69) is 31.3 Å². The number of rotatable bonds is 56. The third kappa shape index (κ3) is 54.6. The Morgan fingerprint density at radius 3 is 1.16 bits per heavy atom. The van der Waals surface area contributed by atoms with Gasteiger partial charge in [0.1, 0.15) is 13.2 Å². The Bertz CT molecular complexity index is 1170. The molecule has 0 radical (unpaired) electrons. The van der Waals surface area contributed by atoms with Crippen molar-refractivity contribution in [3.63, 3.8) is 0 Å². The molecule has 0 saturated heterocycles. The Balaban J connectivity index is 4.18. The molecule has 8 nitrogen and oxygen atoms in total. The molecule has 0 fully saturated rings. The Kier molecular flexibility index (Phi) is 51.1. The second kappa shape index (κ2) is 51.9. The van der Waals surface area contributed by atoms with E-state index >= 15 is 0 Å². The number of aliphatic hydroxyl groups excluding tert-OH is 1. The van der Waals surface area contributed by atoms with E-state index < -0.39 is 20.0 Å². The Morgan fingerprint density at radius 1 is 0.478 bits per heavy atom. The summed E-state index contributed by atoms with van der Waals surface area (Å²) < 4.78 is 23.7. The zero-order valence-electron chi connectivity index (χ0n) is 46.8. The fourth-order valence-electron chi connectivity index (χ4n) is 9.18. The normalized spacial score (nSPS) is 14.0. The third-order valence-electron chi connectivity index (χ3n) is 13.9. The highest BCUT2D eigenvalue weighted by atomic mass is 31.2. The largest absolute Gasteiger partial charge is 0.472 e. The molecule has 0 aromatic carbocycles. The molecule has 9 heteroatoms. The van der Waals surface area contributed by atoms with Crippen LogP contribution in [0.2, 0.25) is 0 Å². The average molecular weight is 997 g/mol. The first kappa shape index (κ1) is 68.0. The highest BCUT2D eigenvalue weighted by Gasteiger charge is 2.27. The Hall–Kier alpha value is -1.02. The van der Waals surface area contributed by atoms with Gasteiger partial charge >= 0.3 is 7.82 Å². The number of aliphatic hydroxyl groups is 1. The van der Waals surface area contributed by atoms with Crippen LogP contribution in [0.15, 0.2) is 24.3 Å². The highest BCUT2D eigenvalue weighted by molar-refractivity contribution is 7.47. The molecule has 0 aliphatic rings. The van der Waals surface area contributed by atoms with Crippen LogP contribution in [0.1, 0.15) is 303 Å². The summed E-state index contributed by atoms with van der Waals surface area (Å²) in [5, 5.41) is 13.9. The van der Waals surface area contributed by atoms with Crippen molar-refractivity contribution in [2.45, 2.75) is 315 Å². The monoisotopic (exact) mass is 996 g/mol. The number of carbonyl (C=O) groups is 1.